The molecule has 7 rings (SSSR count). The van der Waals surface area contributed by atoms with Crippen molar-refractivity contribution in [3.8, 4) is 0 Å². The Bertz CT molecular complexity index is 1730. The average molecular weight is 360 g/mol. The lowest BCUT2D eigenvalue weighted by Crippen LogP contribution is -1.96. The molecule has 4 heterocycles. The fraction of sp³-hybridized carbons (Fsp3) is 0.0800. The average Bonchev–Trinajstić information content (AvgIpc) is 3.40. The number of aryl methyl sites for hydroxylation is 2. The molecular weight excluding hydrogens is 344 g/mol. The standard InChI is InChI=1S/C25H16N2O/c1-13-14(2)27-22-12-20-19(23-16-8-4-5-9-17(16)24(20)28-23)11-21(22)26-25(27)18-10-6-3-7-15(13)18/h3-12H,1-2H3. The number of pyridine rings is 1. The maximum atomic E-state index is 6.19. The van der Waals surface area contributed by atoms with Gasteiger partial charge in [-0.2, -0.15) is 0 Å². The number of hydrogen-bond acceptors (Lipinski definition) is 2. The normalized spacial score (nSPS) is 12.6. The SMILES string of the molecule is Cc1c(C)n2c3cc4c(cc3nc2c2ccccc12)c1oc4c2ccccc21. The smallest absolute Gasteiger partial charge is 0.146 e. The lowest BCUT2D eigenvalue weighted by molar-refractivity contribution is 0.682. The zero-order chi connectivity index (χ0) is 18.6. The van der Waals surface area contributed by atoms with E-state index in [1.165, 1.54) is 38.2 Å². The van der Waals surface area contributed by atoms with Gasteiger partial charge in [0.25, 0.3) is 0 Å². The Morgan fingerprint density at radius 1 is 0.714 bits per heavy atom. The molecule has 0 spiro atoms. The highest BCUT2D eigenvalue weighted by Crippen LogP contribution is 2.42. The van der Waals surface area contributed by atoms with Crippen LogP contribution in [0.5, 0.6) is 0 Å². The molecule has 3 aromatic carbocycles. The van der Waals surface area contributed by atoms with Gasteiger partial charge < -0.3 is 4.42 Å². The molecule has 4 aromatic heterocycles. The highest BCUT2D eigenvalue weighted by atomic mass is 16.3. The third-order valence-corrected chi connectivity index (χ3v) is 6.35. The Labute approximate surface area is 160 Å². The summed E-state index contributed by atoms with van der Waals surface area (Å²) in [6.07, 6.45) is 0. The minimum absolute atomic E-state index is 0.970. The van der Waals surface area contributed by atoms with Gasteiger partial charge in [-0.25, -0.2) is 4.98 Å². The summed E-state index contributed by atoms with van der Waals surface area (Å²) in [4.78, 5) is 5.05. The number of furan rings is 2. The van der Waals surface area contributed by atoms with Crippen molar-refractivity contribution in [3.05, 3.63) is 71.9 Å². The van der Waals surface area contributed by atoms with E-state index in [2.05, 4.69) is 78.9 Å². The molecular formula is C25H16N2O. The second-order valence-electron chi connectivity index (χ2n) is 7.72. The summed E-state index contributed by atoms with van der Waals surface area (Å²) in [7, 11) is 0. The molecule has 0 aliphatic heterocycles. The predicted molar refractivity (Wildman–Crippen MR) is 116 cm³/mol. The molecule has 132 valence electrons. The van der Waals surface area contributed by atoms with Crippen LogP contribution in [0.25, 0.3) is 60.2 Å². The van der Waals surface area contributed by atoms with Gasteiger partial charge in [0, 0.05) is 32.6 Å². The van der Waals surface area contributed by atoms with Crippen molar-refractivity contribution in [1.82, 2.24) is 9.38 Å². The lowest BCUT2D eigenvalue weighted by atomic mass is 10.0. The van der Waals surface area contributed by atoms with Crippen molar-refractivity contribution in [2.75, 3.05) is 0 Å². The Morgan fingerprint density at radius 2 is 1.32 bits per heavy atom. The van der Waals surface area contributed by atoms with E-state index in [-0.39, 0.29) is 0 Å². The quantitative estimate of drug-likeness (QED) is 0.280. The van der Waals surface area contributed by atoms with E-state index < -0.39 is 0 Å². The zero-order valence-corrected chi connectivity index (χ0v) is 15.6. The van der Waals surface area contributed by atoms with Crippen LogP contribution >= 0.6 is 0 Å². The van der Waals surface area contributed by atoms with Crippen LogP contribution in [-0.2, 0) is 0 Å². The van der Waals surface area contributed by atoms with Crippen molar-refractivity contribution in [2.45, 2.75) is 13.8 Å². The molecule has 0 N–H and O–H groups in total. The zero-order valence-electron chi connectivity index (χ0n) is 15.6. The molecule has 0 saturated carbocycles. The van der Waals surface area contributed by atoms with Gasteiger partial charge in [0.05, 0.1) is 11.0 Å². The number of benzene rings is 4. The number of rotatable bonds is 0. The second kappa shape index (κ2) is 4.63. The molecule has 0 atom stereocenters. The van der Waals surface area contributed by atoms with E-state index in [1.54, 1.807) is 0 Å². The summed E-state index contributed by atoms with van der Waals surface area (Å²) in [5, 5.41) is 7.18. The molecule has 0 aliphatic rings. The fourth-order valence-corrected chi connectivity index (χ4v) is 4.88. The summed E-state index contributed by atoms with van der Waals surface area (Å²) in [6, 6.07) is 21.4. The summed E-state index contributed by atoms with van der Waals surface area (Å²) in [5.74, 6) is 0. The third-order valence-electron chi connectivity index (χ3n) is 6.35. The first-order valence-electron chi connectivity index (χ1n) is 9.59. The molecule has 0 fully saturated rings. The topological polar surface area (TPSA) is 30.4 Å². The number of hydrogen-bond donors (Lipinski definition) is 0. The van der Waals surface area contributed by atoms with Crippen LogP contribution in [0.3, 0.4) is 0 Å². The molecule has 7 aromatic rings. The summed E-state index contributed by atoms with van der Waals surface area (Å²) >= 11 is 0. The van der Waals surface area contributed by atoms with Gasteiger partial charge in [0.1, 0.15) is 16.8 Å². The Morgan fingerprint density at radius 3 is 2.04 bits per heavy atom. The maximum absolute atomic E-state index is 6.19. The van der Waals surface area contributed by atoms with Crippen molar-refractivity contribution >= 4 is 60.2 Å². The van der Waals surface area contributed by atoms with E-state index in [0.29, 0.717) is 0 Å². The minimum atomic E-state index is 0.970. The van der Waals surface area contributed by atoms with E-state index in [1.807, 2.05) is 0 Å². The van der Waals surface area contributed by atoms with Gasteiger partial charge in [0.2, 0.25) is 0 Å². The van der Waals surface area contributed by atoms with Crippen molar-refractivity contribution in [3.63, 3.8) is 0 Å². The largest absolute Gasteiger partial charge is 0.455 e. The molecule has 3 heteroatoms. The number of fused-ring (bicyclic) bond motifs is 13. The van der Waals surface area contributed by atoms with Gasteiger partial charge in [-0.1, -0.05) is 48.5 Å². The van der Waals surface area contributed by atoms with Crippen LogP contribution in [0.2, 0.25) is 0 Å². The second-order valence-corrected chi connectivity index (χ2v) is 7.72. The van der Waals surface area contributed by atoms with Crippen molar-refractivity contribution < 1.29 is 4.42 Å². The summed E-state index contributed by atoms with van der Waals surface area (Å²) in [5.41, 5.74) is 7.66. The summed E-state index contributed by atoms with van der Waals surface area (Å²) in [6.45, 7) is 4.38. The van der Waals surface area contributed by atoms with Crippen LogP contribution in [0, 0.1) is 13.8 Å². The lowest BCUT2D eigenvalue weighted by Gasteiger charge is -2.10. The van der Waals surface area contributed by atoms with Crippen LogP contribution in [0.4, 0.5) is 0 Å². The van der Waals surface area contributed by atoms with Gasteiger partial charge in [-0.05, 0) is 36.9 Å². The first-order chi connectivity index (χ1) is 13.7. The summed E-state index contributed by atoms with van der Waals surface area (Å²) < 4.78 is 8.49. The molecule has 28 heavy (non-hydrogen) atoms. The molecule has 0 aliphatic carbocycles. The predicted octanol–water partition coefficient (Wildman–Crippen LogP) is 6.75. The van der Waals surface area contributed by atoms with E-state index in [4.69, 9.17) is 9.40 Å². The first kappa shape index (κ1) is 14.5. The molecule has 0 saturated heterocycles. The number of aromatic nitrogens is 2. The molecule has 3 nitrogen and oxygen atoms in total. The molecule has 0 amide bonds. The van der Waals surface area contributed by atoms with Crippen molar-refractivity contribution in [2.24, 2.45) is 0 Å². The number of imidazole rings is 1. The molecule has 0 unspecified atom stereocenters. The van der Waals surface area contributed by atoms with Crippen molar-refractivity contribution in [1.29, 1.82) is 0 Å². The molecule has 2 bridgehead atoms. The Kier molecular flexibility index (Phi) is 2.39. The molecule has 0 radical (unpaired) electrons. The van der Waals surface area contributed by atoms with E-state index in [9.17, 15) is 0 Å². The van der Waals surface area contributed by atoms with E-state index in [0.717, 1.165) is 33.2 Å². The van der Waals surface area contributed by atoms with Gasteiger partial charge >= 0.3 is 0 Å². The Balaban J connectivity index is 1.75. The van der Waals surface area contributed by atoms with E-state index >= 15 is 0 Å². The minimum Gasteiger partial charge on any atom is -0.455 e. The van der Waals surface area contributed by atoms with Crippen LogP contribution in [0.15, 0.2) is 65.1 Å². The highest BCUT2D eigenvalue weighted by molar-refractivity contribution is 6.27. The van der Waals surface area contributed by atoms with Crippen LogP contribution in [-0.4, -0.2) is 9.38 Å². The van der Waals surface area contributed by atoms with Crippen LogP contribution in [0.1, 0.15) is 11.3 Å². The Hall–Kier alpha value is -3.59. The van der Waals surface area contributed by atoms with Gasteiger partial charge in [0.15, 0.2) is 0 Å². The van der Waals surface area contributed by atoms with Gasteiger partial charge in [-0.3, -0.25) is 4.40 Å². The number of nitrogens with zero attached hydrogens (tertiary/aromatic N) is 2. The van der Waals surface area contributed by atoms with Gasteiger partial charge in [-0.15, -0.1) is 0 Å². The fourth-order valence-electron chi connectivity index (χ4n) is 4.88. The maximum Gasteiger partial charge on any atom is 0.146 e. The first-order valence-corrected chi connectivity index (χ1v) is 9.59. The highest BCUT2D eigenvalue weighted by Gasteiger charge is 2.20. The monoisotopic (exact) mass is 360 g/mol. The van der Waals surface area contributed by atoms with Crippen LogP contribution < -0.4 is 0 Å². The third kappa shape index (κ3) is 1.51.